The Kier molecular flexibility index (Phi) is 8730. The minimum atomic E-state index is 0. The first-order chi connectivity index (χ1) is 1.00. The third-order valence-electron chi connectivity index (χ3n) is 0. The van der Waals surface area contributed by atoms with Crippen LogP contribution in [0.15, 0.2) is 0 Å². The molecule has 0 fully saturated rings. The summed E-state index contributed by atoms with van der Waals surface area (Å²) in [6.07, 6.45) is 0. The quantitative estimate of drug-likeness (QED) is 0.284. The van der Waals surface area contributed by atoms with Crippen LogP contribution in [0, 0.1) is 0 Å². The van der Waals surface area contributed by atoms with E-state index in [4.69, 9.17) is 4.70 Å². The maximum atomic E-state index is 7.75. The summed E-state index contributed by atoms with van der Waals surface area (Å²) in [6.45, 7) is 0. The van der Waals surface area contributed by atoms with Crippen LogP contribution in [0.4, 0.5) is 0 Å². The summed E-state index contributed by atoms with van der Waals surface area (Å²) < 4.78 is 7.75. The molecule has 4 heteroatoms. The van der Waals surface area contributed by atoms with E-state index in [0.717, 1.165) is 0 Å². The monoisotopic (exact) mass is 59.0 g/mol. The standard InChI is InChI=1S/BO.BH3.H2O/c1-2;;/h;1H3;1H2. The van der Waals surface area contributed by atoms with Gasteiger partial charge in [0.05, 0.1) is 8.41 Å². The van der Waals surface area contributed by atoms with Crippen LogP contribution in [0.25, 0.3) is 0 Å². The van der Waals surface area contributed by atoms with Crippen molar-refractivity contribution in [3.8, 4) is 0 Å². The summed E-state index contributed by atoms with van der Waals surface area (Å²) in [5.41, 5.74) is 0. The topological polar surface area (TPSA) is 48.6 Å². The first kappa shape index (κ1) is 41.0. The van der Waals surface area contributed by atoms with Gasteiger partial charge in [0.25, 0.3) is 0 Å². The van der Waals surface area contributed by atoms with Crippen molar-refractivity contribution in [1.29, 1.82) is 0 Å². The zero-order valence-corrected chi connectivity index (χ0v) is 1.49. The van der Waals surface area contributed by atoms with E-state index >= 15 is 0 Å². The predicted octanol–water partition coefficient (Wildman–Crippen LogP) is -2.51. The molecule has 0 aliphatic rings. The van der Waals surface area contributed by atoms with Crippen LogP contribution in [0.1, 0.15) is 0 Å². The Morgan fingerprint density at radius 2 is 1.25 bits per heavy atom. The summed E-state index contributed by atoms with van der Waals surface area (Å²) in [6, 6.07) is 0. The molecular weight excluding hydrogens is 53.6 g/mol. The Morgan fingerprint density at radius 1 is 1.25 bits per heavy atom. The molecule has 0 heterocycles. The van der Waals surface area contributed by atoms with Crippen molar-refractivity contribution in [3.05, 3.63) is 0 Å². The van der Waals surface area contributed by atoms with Crippen LogP contribution < -0.4 is 0 Å². The van der Waals surface area contributed by atoms with Gasteiger partial charge >= 0.3 is 12.4 Å². The van der Waals surface area contributed by atoms with Gasteiger partial charge in [-0.3, -0.25) is 0 Å². The predicted molar refractivity (Wildman–Crippen MR) is 20.0 cm³/mol. The summed E-state index contributed by atoms with van der Waals surface area (Å²) in [5.74, 6) is 0. The molecule has 0 spiro atoms. The van der Waals surface area contributed by atoms with Crippen LogP contribution in [0.2, 0.25) is 0 Å². The summed E-state index contributed by atoms with van der Waals surface area (Å²) in [5, 5.41) is 0. The Bertz CT molecular complexity index is 4.00. The molecule has 23 valence electrons. The third kappa shape index (κ3) is 123. The summed E-state index contributed by atoms with van der Waals surface area (Å²) in [4.78, 5) is 0. The zero-order chi connectivity index (χ0) is 2.00. The van der Waals surface area contributed by atoms with Crippen molar-refractivity contribution >= 4 is 16.1 Å². The molecule has 0 aromatic carbocycles. The molecule has 0 bridgehead atoms. The van der Waals surface area contributed by atoms with E-state index in [1.165, 1.54) is 0 Å². The average molecular weight is 58.7 g/mol. The van der Waals surface area contributed by atoms with Crippen LogP contribution in [0.5, 0.6) is 0 Å². The molecule has 0 unspecified atom stereocenters. The van der Waals surface area contributed by atoms with Crippen LogP contribution >= 0.6 is 0 Å². The van der Waals surface area contributed by atoms with E-state index in [1.807, 2.05) is 0 Å². The number of hydrogen-bond acceptors (Lipinski definition) is 1. The van der Waals surface area contributed by atoms with Crippen LogP contribution in [-0.4, -0.2) is 21.6 Å². The fourth-order valence-corrected chi connectivity index (χ4v) is 0. The van der Waals surface area contributed by atoms with Crippen molar-refractivity contribution in [3.63, 3.8) is 0 Å². The minimum absolute atomic E-state index is 0. The van der Waals surface area contributed by atoms with Crippen molar-refractivity contribution in [2.75, 3.05) is 0 Å². The Hall–Kier alpha value is -0.110. The van der Waals surface area contributed by atoms with E-state index in [0.29, 0.717) is 0 Å². The van der Waals surface area contributed by atoms with Crippen molar-refractivity contribution in [1.82, 2.24) is 0 Å². The fraction of sp³-hybridized carbons (Fsp3) is 0. The van der Waals surface area contributed by atoms with E-state index in [2.05, 4.69) is 7.72 Å². The van der Waals surface area contributed by atoms with E-state index in [9.17, 15) is 0 Å². The van der Waals surface area contributed by atoms with Gasteiger partial charge in [0, 0.05) is 0 Å². The first-order valence-corrected chi connectivity index (χ1v) is 0.236. The fourth-order valence-electron chi connectivity index (χ4n) is 0. The summed E-state index contributed by atoms with van der Waals surface area (Å²) >= 11 is 0. The Morgan fingerprint density at radius 3 is 1.25 bits per heavy atom. The van der Waals surface area contributed by atoms with Crippen molar-refractivity contribution < 1.29 is 10.2 Å². The summed E-state index contributed by atoms with van der Waals surface area (Å²) in [7, 11) is 3.25. The van der Waals surface area contributed by atoms with E-state index in [-0.39, 0.29) is 13.9 Å². The van der Waals surface area contributed by atoms with Crippen molar-refractivity contribution in [2.45, 2.75) is 0 Å². The Labute approximate surface area is 27.5 Å². The first-order valence-electron chi connectivity index (χ1n) is 0.236. The van der Waals surface area contributed by atoms with E-state index in [1.54, 1.807) is 0 Å². The van der Waals surface area contributed by atoms with Crippen LogP contribution in [-0.2, 0) is 4.70 Å². The molecule has 0 atom stereocenters. The number of rotatable bonds is 0. The molecule has 0 rings (SSSR count). The van der Waals surface area contributed by atoms with Gasteiger partial charge in [-0.05, 0) is 0 Å². The van der Waals surface area contributed by atoms with Gasteiger partial charge in [-0.25, -0.2) is 0 Å². The molecule has 0 aromatic rings. The van der Waals surface area contributed by atoms with Gasteiger partial charge in [0.2, 0.25) is 0 Å². The molecule has 0 saturated carbocycles. The number of hydrogen-bond donors (Lipinski definition) is 0. The van der Waals surface area contributed by atoms with Gasteiger partial charge in [-0.15, -0.1) is 0 Å². The second kappa shape index (κ2) is 851. The second-order valence-corrected chi connectivity index (χ2v) is 0. The molecule has 0 saturated heterocycles. The zero-order valence-electron chi connectivity index (χ0n) is 1.49. The molecule has 0 aliphatic heterocycles. The molecule has 2 N–H and O–H groups in total. The van der Waals surface area contributed by atoms with E-state index < -0.39 is 0 Å². The molecule has 2 nitrogen and oxygen atoms in total. The molecule has 4 heavy (non-hydrogen) atoms. The Balaban J connectivity index is -0.00000000500. The van der Waals surface area contributed by atoms with Crippen molar-refractivity contribution in [2.24, 2.45) is 0 Å². The maximum absolute atomic E-state index is 7.75. The molecule has 0 amide bonds. The van der Waals surface area contributed by atoms with Gasteiger partial charge in [0.15, 0.2) is 0 Å². The second-order valence-electron chi connectivity index (χ2n) is 0. The molecule has 1 radical (unpaired) electrons. The average Bonchev–Trinajstić information content (AvgIpc) is 1.00. The SMILES string of the molecule is B.O.[B]=O. The normalized spacial score (nSPS) is 0.750. The van der Waals surface area contributed by atoms with Crippen LogP contribution in [0.3, 0.4) is 0 Å². The molecule has 0 aromatic heterocycles. The third-order valence-corrected chi connectivity index (χ3v) is 0. The molecular formula is H5B2O2. The van der Waals surface area contributed by atoms with Gasteiger partial charge in [-0.1, -0.05) is 0 Å². The van der Waals surface area contributed by atoms with Gasteiger partial charge in [-0.2, -0.15) is 0 Å². The van der Waals surface area contributed by atoms with Gasteiger partial charge < -0.3 is 5.48 Å². The molecule has 0 aliphatic carbocycles. The van der Waals surface area contributed by atoms with Gasteiger partial charge in [0.1, 0.15) is 0 Å².